The van der Waals surface area contributed by atoms with Gasteiger partial charge in [0.15, 0.2) is 0 Å². The fourth-order valence-electron chi connectivity index (χ4n) is 1.50. The van der Waals surface area contributed by atoms with Gasteiger partial charge in [0, 0.05) is 19.6 Å². The molecule has 0 amide bonds. The van der Waals surface area contributed by atoms with Crippen LogP contribution in [0.25, 0.3) is 0 Å². The van der Waals surface area contributed by atoms with Crippen molar-refractivity contribution in [2.24, 2.45) is 5.73 Å². The number of likely N-dealkylation sites (tertiary alicyclic amines) is 1. The van der Waals surface area contributed by atoms with Crippen molar-refractivity contribution in [1.82, 2.24) is 4.90 Å². The first-order chi connectivity index (χ1) is 5.83. The topological polar surface area (TPSA) is 29.3 Å². The first-order valence-electron chi connectivity index (χ1n) is 4.57. The highest BCUT2D eigenvalue weighted by molar-refractivity contribution is 5.01. The van der Waals surface area contributed by atoms with E-state index in [1.54, 1.807) is 0 Å². The first-order valence-corrected chi connectivity index (χ1v) is 4.57. The Kier molecular flexibility index (Phi) is 4.05. The van der Waals surface area contributed by atoms with Crippen molar-refractivity contribution >= 4 is 0 Å². The molecule has 12 heavy (non-hydrogen) atoms. The lowest BCUT2D eigenvalue weighted by molar-refractivity contribution is 0.293. The van der Waals surface area contributed by atoms with E-state index < -0.39 is 0 Å². The molecule has 0 aromatic rings. The van der Waals surface area contributed by atoms with E-state index in [2.05, 4.69) is 17.6 Å². The molecule has 0 radical (unpaired) electrons. The molecule has 2 nitrogen and oxygen atoms in total. The third kappa shape index (κ3) is 3.20. The molecule has 0 aromatic heterocycles. The molecule has 0 spiro atoms. The summed E-state index contributed by atoms with van der Waals surface area (Å²) in [4.78, 5) is 2.40. The smallest absolute Gasteiger partial charge is 0.0193 e. The molecular weight excluding hydrogens is 148 g/mol. The van der Waals surface area contributed by atoms with Gasteiger partial charge in [-0.1, -0.05) is 24.3 Å². The highest BCUT2D eigenvalue weighted by atomic mass is 15.1. The zero-order valence-electron chi connectivity index (χ0n) is 7.63. The molecule has 0 aromatic carbocycles. The molecule has 0 saturated carbocycles. The maximum Gasteiger partial charge on any atom is 0.0193 e. The Morgan fingerprint density at radius 1 is 1.50 bits per heavy atom. The molecule has 1 aliphatic heterocycles. The summed E-state index contributed by atoms with van der Waals surface area (Å²) in [6.07, 6.45) is 6.61. The Morgan fingerprint density at radius 2 is 2.33 bits per heavy atom. The lowest BCUT2D eigenvalue weighted by Crippen LogP contribution is -2.31. The number of hydrogen-bond acceptors (Lipinski definition) is 2. The van der Waals surface area contributed by atoms with E-state index >= 15 is 0 Å². The number of rotatable bonds is 3. The van der Waals surface area contributed by atoms with Crippen LogP contribution in [-0.4, -0.2) is 31.1 Å². The average molecular weight is 166 g/mol. The number of nitrogens with zero attached hydrogens (tertiary/aromatic N) is 1. The van der Waals surface area contributed by atoms with Crippen LogP contribution in [0.15, 0.2) is 24.3 Å². The molecule has 1 aliphatic rings. The van der Waals surface area contributed by atoms with Crippen LogP contribution in [0.2, 0.25) is 0 Å². The van der Waals surface area contributed by atoms with Crippen LogP contribution >= 0.6 is 0 Å². The minimum absolute atomic E-state index is 0.648. The van der Waals surface area contributed by atoms with Gasteiger partial charge in [-0.3, -0.25) is 4.90 Å². The van der Waals surface area contributed by atoms with Crippen LogP contribution in [0.4, 0.5) is 0 Å². The van der Waals surface area contributed by atoms with Gasteiger partial charge < -0.3 is 5.73 Å². The molecule has 2 heteroatoms. The lowest BCUT2D eigenvalue weighted by Gasteiger charge is -2.26. The van der Waals surface area contributed by atoms with Gasteiger partial charge in [0.2, 0.25) is 0 Å². The number of hydrogen-bond donors (Lipinski definition) is 1. The second kappa shape index (κ2) is 5.12. The van der Waals surface area contributed by atoms with Crippen molar-refractivity contribution < 1.29 is 0 Å². The largest absolute Gasteiger partial charge is 0.327 e. The Hall–Kier alpha value is -0.600. The molecule has 0 unspecified atom stereocenters. The molecule has 0 aliphatic carbocycles. The molecule has 0 bridgehead atoms. The minimum Gasteiger partial charge on any atom is -0.327 e. The second-order valence-corrected chi connectivity index (χ2v) is 3.30. The Morgan fingerprint density at radius 3 is 3.00 bits per heavy atom. The summed E-state index contributed by atoms with van der Waals surface area (Å²) in [5.74, 6) is 0. The highest BCUT2D eigenvalue weighted by Crippen LogP contribution is 2.12. The van der Waals surface area contributed by atoms with E-state index in [0.717, 1.165) is 13.1 Å². The van der Waals surface area contributed by atoms with E-state index in [1.165, 1.54) is 25.0 Å². The van der Waals surface area contributed by atoms with Gasteiger partial charge in [0.25, 0.3) is 0 Å². The molecule has 1 saturated heterocycles. The van der Waals surface area contributed by atoms with Crippen LogP contribution in [0.3, 0.4) is 0 Å². The third-order valence-corrected chi connectivity index (χ3v) is 2.12. The Balaban J connectivity index is 2.22. The third-order valence-electron chi connectivity index (χ3n) is 2.12. The standard InChI is InChI=1S/C10H18N2/c1-10-5-4-8-12(9-10)7-3-2-6-11/h2-3H,1,4-9,11H2/b3-2+. The maximum absolute atomic E-state index is 5.35. The van der Waals surface area contributed by atoms with Crippen LogP contribution in [0, 0.1) is 0 Å². The highest BCUT2D eigenvalue weighted by Gasteiger charge is 2.10. The van der Waals surface area contributed by atoms with Crippen LogP contribution in [0.5, 0.6) is 0 Å². The Labute approximate surface area is 74.7 Å². The summed E-state index contributed by atoms with van der Waals surface area (Å²) in [5, 5.41) is 0. The van der Waals surface area contributed by atoms with E-state index in [0.29, 0.717) is 6.54 Å². The molecule has 68 valence electrons. The predicted molar refractivity (Wildman–Crippen MR) is 53.0 cm³/mol. The fourth-order valence-corrected chi connectivity index (χ4v) is 1.50. The molecule has 1 heterocycles. The molecular formula is C10H18N2. The predicted octanol–water partition coefficient (Wildman–Crippen LogP) is 1.15. The van der Waals surface area contributed by atoms with Gasteiger partial charge in [0.05, 0.1) is 0 Å². The molecule has 1 fully saturated rings. The van der Waals surface area contributed by atoms with Gasteiger partial charge in [-0.15, -0.1) is 0 Å². The number of nitrogens with two attached hydrogens (primary N) is 1. The van der Waals surface area contributed by atoms with E-state index in [4.69, 9.17) is 5.73 Å². The van der Waals surface area contributed by atoms with Crippen LogP contribution in [-0.2, 0) is 0 Å². The average Bonchev–Trinajstić information content (AvgIpc) is 2.05. The summed E-state index contributed by atoms with van der Waals surface area (Å²) < 4.78 is 0. The summed E-state index contributed by atoms with van der Waals surface area (Å²) in [6.45, 7) is 7.94. The van der Waals surface area contributed by atoms with Crippen molar-refractivity contribution in [3.05, 3.63) is 24.3 Å². The second-order valence-electron chi connectivity index (χ2n) is 3.30. The normalized spacial score (nSPS) is 20.6. The summed E-state index contributed by atoms with van der Waals surface area (Å²) >= 11 is 0. The van der Waals surface area contributed by atoms with Crippen LogP contribution < -0.4 is 5.73 Å². The van der Waals surface area contributed by atoms with Crippen LogP contribution in [0.1, 0.15) is 12.8 Å². The van der Waals surface area contributed by atoms with Gasteiger partial charge in [-0.05, 0) is 19.4 Å². The number of piperidine rings is 1. The van der Waals surface area contributed by atoms with Gasteiger partial charge in [0.1, 0.15) is 0 Å². The monoisotopic (exact) mass is 166 g/mol. The summed E-state index contributed by atoms with van der Waals surface area (Å²) in [6, 6.07) is 0. The SMILES string of the molecule is C=C1CCCN(C/C=C/CN)C1. The zero-order chi connectivity index (χ0) is 8.81. The van der Waals surface area contributed by atoms with Gasteiger partial charge >= 0.3 is 0 Å². The lowest BCUT2D eigenvalue weighted by atomic mass is 10.1. The first kappa shape index (κ1) is 9.49. The minimum atomic E-state index is 0.648. The zero-order valence-corrected chi connectivity index (χ0v) is 7.63. The summed E-state index contributed by atoms with van der Waals surface area (Å²) in [5.41, 5.74) is 6.71. The molecule has 2 N–H and O–H groups in total. The van der Waals surface area contributed by atoms with Crippen molar-refractivity contribution in [2.45, 2.75) is 12.8 Å². The molecule has 0 atom stereocenters. The van der Waals surface area contributed by atoms with E-state index in [-0.39, 0.29) is 0 Å². The van der Waals surface area contributed by atoms with Crippen molar-refractivity contribution in [1.29, 1.82) is 0 Å². The maximum atomic E-state index is 5.35. The fraction of sp³-hybridized carbons (Fsp3) is 0.600. The van der Waals surface area contributed by atoms with E-state index in [9.17, 15) is 0 Å². The van der Waals surface area contributed by atoms with Crippen molar-refractivity contribution in [3.63, 3.8) is 0 Å². The van der Waals surface area contributed by atoms with Gasteiger partial charge in [-0.2, -0.15) is 0 Å². The van der Waals surface area contributed by atoms with Crippen molar-refractivity contribution in [2.75, 3.05) is 26.2 Å². The quantitative estimate of drug-likeness (QED) is 0.637. The van der Waals surface area contributed by atoms with Gasteiger partial charge in [-0.25, -0.2) is 0 Å². The van der Waals surface area contributed by atoms with E-state index in [1.807, 2.05) is 6.08 Å². The molecule has 1 rings (SSSR count). The Bertz CT molecular complexity index is 173. The summed E-state index contributed by atoms with van der Waals surface area (Å²) in [7, 11) is 0. The van der Waals surface area contributed by atoms with Crippen molar-refractivity contribution in [3.8, 4) is 0 Å².